The summed E-state index contributed by atoms with van der Waals surface area (Å²) in [5, 5.41) is 11.7. The van der Waals surface area contributed by atoms with Crippen LogP contribution in [0.4, 0.5) is 5.13 Å². The maximum Gasteiger partial charge on any atom is 0.247 e. The van der Waals surface area contributed by atoms with Crippen molar-refractivity contribution in [3.63, 3.8) is 0 Å². The molecule has 3 aromatic rings. The average molecular weight is 350 g/mol. The van der Waals surface area contributed by atoms with Crippen molar-refractivity contribution in [3.05, 3.63) is 41.0 Å². The maximum absolute atomic E-state index is 11.8. The molecule has 2 heterocycles. The van der Waals surface area contributed by atoms with E-state index in [-0.39, 0.29) is 12.3 Å². The van der Waals surface area contributed by atoms with Crippen LogP contribution in [0.25, 0.3) is 11.5 Å². The molecule has 0 aliphatic heterocycles. The number of aromatic nitrogens is 4. The lowest BCUT2D eigenvalue weighted by atomic mass is 10.2. The van der Waals surface area contributed by atoms with Gasteiger partial charge in [-0.05, 0) is 31.2 Å². The fraction of sp³-hybridized carbons (Fsp3) is 0.214. The van der Waals surface area contributed by atoms with Crippen molar-refractivity contribution in [2.45, 2.75) is 19.8 Å². The molecule has 0 saturated heterocycles. The SMILES string of the molecule is Cc1nsc(NC(=O)CCc2nnc(-c3ccc(Cl)cc3)o2)n1. The van der Waals surface area contributed by atoms with Gasteiger partial charge in [-0.2, -0.15) is 4.37 Å². The minimum Gasteiger partial charge on any atom is -0.421 e. The molecule has 118 valence electrons. The van der Waals surface area contributed by atoms with Gasteiger partial charge in [0.05, 0.1) is 0 Å². The Bertz CT molecular complexity index is 815. The Labute approximate surface area is 140 Å². The molecule has 1 amide bonds. The summed E-state index contributed by atoms with van der Waals surface area (Å²) in [6.07, 6.45) is 0.574. The minimum absolute atomic E-state index is 0.174. The van der Waals surface area contributed by atoms with Gasteiger partial charge in [-0.3, -0.25) is 4.79 Å². The molecule has 0 atom stereocenters. The first-order valence-corrected chi connectivity index (χ1v) is 7.94. The number of rotatable bonds is 5. The fourth-order valence-corrected chi connectivity index (χ4v) is 2.53. The highest BCUT2D eigenvalue weighted by molar-refractivity contribution is 7.09. The van der Waals surface area contributed by atoms with Gasteiger partial charge in [0.15, 0.2) is 0 Å². The first kappa shape index (κ1) is 15.6. The topological polar surface area (TPSA) is 93.8 Å². The molecule has 0 radical (unpaired) electrons. The van der Waals surface area contributed by atoms with Crippen LogP contribution < -0.4 is 5.32 Å². The third-order valence-corrected chi connectivity index (χ3v) is 3.87. The van der Waals surface area contributed by atoms with E-state index >= 15 is 0 Å². The summed E-state index contributed by atoms with van der Waals surface area (Å²) < 4.78 is 9.54. The van der Waals surface area contributed by atoms with Crippen LogP contribution in [0.2, 0.25) is 5.02 Å². The number of anilines is 1. The lowest BCUT2D eigenvalue weighted by molar-refractivity contribution is -0.116. The van der Waals surface area contributed by atoms with Gasteiger partial charge in [0.1, 0.15) is 5.82 Å². The molecule has 0 bridgehead atoms. The maximum atomic E-state index is 11.8. The molecule has 1 aromatic carbocycles. The molecule has 23 heavy (non-hydrogen) atoms. The van der Waals surface area contributed by atoms with Crippen molar-refractivity contribution in [1.29, 1.82) is 0 Å². The second-order valence-electron chi connectivity index (χ2n) is 4.70. The number of nitrogens with zero attached hydrogens (tertiary/aromatic N) is 4. The van der Waals surface area contributed by atoms with E-state index in [9.17, 15) is 4.79 Å². The molecule has 0 saturated carbocycles. The number of carbonyl (C=O) groups is 1. The number of hydrogen-bond acceptors (Lipinski definition) is 7. The van der Waals surface area contributed by atoms with Crippen molar-refractivity contribution in [1.82, 2.24) is 19.6 Å². The molecule has 0 aliphatic rings. The van der Waals surface area contributed by atoms with Crippen LogP contribution >= 0.6 is 23.1 Å². The number of hydrogen-bond donors (Lipinski definition) is 1. The Balaban J connectivity index is 1.56. The largest absolute Gasteiger partial charge is 0.421 e. The second kappa shape index (κ2) is 6.84. The predicted octanol–water partition coefficient (Wildman–Crippen LogP) is 3.12. The Morgan fingerprint density at radius 1 is 1.30 bits per heavy atom. The molecule has 0 unspecified atom stereocenters. The predicted molar refractivity (Wildman–Crippen MR) is 86.3 cm³/mol. The third-order valence-electron chi connectivity index (χ3n) is 2.90. The van der Waals surface area contributed by atoms with Crippen LogP contribution in [0.3, 0.4) is 0 Å². The second-order valence-corrected chi connectivity index (χ2v) is 5.89. The van der Waals surface area contributed by atoms with Crippen LogP contribution in [-0.4, -0.2) is 25.5 Å². The Morgan fingerprint density at radius 2 is 2.09 bits per heavy atom. The molecule has 0 fully saturated rings. The van der Waals surface area contributed by atoms with Crippen LogP contribution in [0.1, 0.15) is 18.1 Å². The van der Waals surface area contributed by atoms with E-state index in [1.807, 2.05) is 0 Å². The van der Waals surface area contributed by atoms with E-state index in [1.165, 1.54) is 0 Å². The number of carbonyl (C=O) groups excluding carboxylic acids is 1. The Morgan fingerprint density at radius 3 is 2.78 bits per heavy atom. The monoisotopic (exact) mass is 349 g/mol. The molecule has 0 spiro atoms. The van der Waals surface area contributed by atoms with Gasteiger partial charge in [-0.25, -0.2) is 4.98 Å². The zero-order valence-corrected chi connectivity index (χ0v) is 13.7. The van der Waals surface area contributed by atoms with Crippen LogP contribution in [0, 0.1) is 6.92 Å². The summed E-state index contributed by atoms with van der Waals surface area (Å²) in [6, 6.07) is 7.09. The van der Waals surface area contributed by atoms with E-state index in [4.69, 9.17) is 16.0 Å². The number of halogens is 1. The lowest BCUT2D eigenvalue weighted by Crippen LogP contribution is -2.12. The van der Waals surface area contributed by atoms with Crippen LogP contribution in [-0.2, 0) is 11.2 Å². The first-order valence-electron chi connectivity index (χ1n) is 6.78. The van der Waals surface area contributed by atoms with Gasteiger partial charge in [0, 0.05) is 35.0 Å². The highest BCUT2D eigenvalue weighted by atomic mass is 35.5. The highest BCUT2D eigenvalue weighted by Gasteiger charge is 2.12. The molecule has 9 heteroatoms. The van der Waals surface area contributed by atoms with Gasteiger partial charge in [-0.15, -0.1) is 10.2 Å². The van der Waals surface area contributed by atoms with E-state index in [2.05, 4.69) is 24.9 Å². The molecule has 1 N–H and O–H groups in total. The first-order chi connectivity index (χ1) is 11.1. The molecule has 2 aromatic heterocycles. The van der Waals surface area contributed by atoms with Crippen LogP contribution in [0.5, 0.6) is 0 Å². The quantitative estimate of drug-likeness (QED) is 0.760. The van der Waals surface area contributed by atoms with Crippen molar-refractivity contribution >= 4 is 34.2 Å². The zero-order chi connectivity index (χ0) is 16.2. The molecular formula is C14H12ClN5O2S. The van der Waals surface area contributed by atoms with Gasteiger partial charge < -0.3 is 9.73 Å². The summed E-state index contributed by atoms with van der Waals surface area (Å²) in [4.78, 5) is 15.9. The fourth-order valence-electron chi connectivity index (χ4n) is 1.81. The summed E-state index contributed by atoms with van der Waals surface area (Å²) in [5.74, 6) is 1.26. The number of nitrogens with one attached hydrogen (secondary N) is 1. The van der Waals surface area contributed by atoms with Gasteiger partial charge in [-0.1, -0.05) is 11.6 Å². The van der Waals surface area contributed by atoms with Gasteiger partial charge in [0.2, 0.25) is 22.8 Å². The van der Waals surface area contributed by atoms with Gasteiger partial charge >= 0.3 is 0 Å². The molecular weight excluding hydrogens is 338 g/mol. The number of amides is 1. The number of benzene rings is 1. The van der Waals surface area contributed by atoms with Gasteiger partial charge in [0.25, 0.3) is 0 Å². The number of aryl methyl sites for hydroxylation is 2. The molecule has 0 aliphatic carbocycles. The average Bonchev–Trinajstić information content (AvgIpc) is 3.15. The van der Waals surface area contributed by atoms with Crippen molar-refractivity contribution < 1.29 is 9.21 Å². The van der Waals surface area contributed by atoms with Crippen molar-refractivity contribution in [2.24, 2.45) is 0 Å². The standard InChI is InChI=1S/C14H12ClN5O2S/c1-8-16-14(23-20-8)17-11(21)6-7-12-18-19-13(22-12)9-2-4-10(15)5-3-9/h2-5H,6-7H2,1H3,(H,16,17,20,21). The third kappa shape index (κ3) is 4.11. The smallest absolute Gasteiger partial charge is 0.247 e. The minimum atomic E-state index is -0.174. The summed E-state index contributed by atoms with van der Waals surface area (Å²) >= 11 is 6.98. The van der Waals surface area contributed by atoms with Crippen molar-refractivity contribution in [2.75, 3.05) is 5.32 Å². The van der Waals surface area contributed by atoms with E-state index < -0.39 is 0 Å². The zero-order valence-electron chi connectivity index (χ0n) is 12.1. The summed E-state index contributed by atoms with van der Waals surface area (Å²) in [6.45, 7) is 1.77. The highest BCUT2D eigenvalue weighted by Crippen LogP contribution is 2.20. The molecule has 7 nitrogen and oxygen atoms in total. The van der Waals surface area contributed by atoms with E-state index in [0.29, 0.717) is 34.2 Å². The van der Waals surface area contributed by atoms with Crippen molar-refractivity contribution in [3.8, 4) is 11.5 Å². The van der Waals surface area contributed by atoms with E-state index in [1.54, 1.807) is 31.2 Å². The lowest BCUT2D eigenvalue weighted by Gasteiger charge is -1.98. The molecule has 3 rings (SSSR count). The van der Waals surface area contributed by atoms with Crippen LogP contribution in [0.15, 0.2) is 28.7 Å². The summed E-state index contributed by atoms with van der Waals surface area (Å²) in [7, 11) is 0. The Kier molecular flexibility index (Phi) is 4.63. The normalized spacial score (nSPS) is 10.7. The summed E-state index contributed by atoms with van der Waals surface area (Å²) in [5.41, 5.74) is 0.780. The Hall–Kier alpha value is -2.32. The van der Waals surface area contributed by atoms with E-state index in [0.717, 1.165) is 17.1 Å².